The van der Waals surface area contributed by atoms with Crippen LogP contribution in [0.2, 0.25) is 5.02 Å². The number of fused-ring (bicyclic) bond motifs is 1. The average Bonchev–Trinajstić information content (AvgIpc) is 3.47. The van der Waals surface area contributed by atoms with E-state index in [2.05, 4.69) is 4.90 Å². The third-order valence-electron chi connectivity index (χ3n) is 8.47. The third-order valence-corrected chi connectivity index (χ3v) is 8.76. The molecule has 10 heteroatoms. The topological polar surface area (TPSA) is 87.2 Å². The Hall–Kier alpha value is -3.04. The Balaban J connectivity index is 1.29. The van der Waals surface area contributed by atoms with E-state index in [1.807, 2.05) is 0 Å². The number of nitrogens with zero attached hydrogens (tertiary/aromatic N) is 2. The molecule has 1 atom stereocenters. The molecule has 0 radical (unpaired) electrons. The summed E-state index contributed by atoms with van der Waals surface area (Å²) < 4.78 is 34.7. The molecule has 1 unspecified atom stereocenters. The number of carbonyl (C=O) groups excluding carboxylic acids is 2. The Morgan fingerprint density at radius 3 is 2.40 bits per heavy atom. The van der Waals surface area contributed by atoms with Crippen LogP contribution in [0.4, 0.5) is 8.78 Å². The summed E-state index contributed by atoms with van der Waals surface area (Å²) in [7, 11) is 0. The number of aliphatic carboxylic acids is 1. The lowest BCUT2D eigenvalue weighted by Crippen LogP contribution is -2.34. The van der Waals surface area contributed by atoms with Gasteiger partial charge in [-0.3, -0.25) is 24.2 Å². The van der Waals surface area contributed by atoms with Crippen LogP contribution in [0.3, 0.4) is 0 Å². The minimum Gasteiger partial charge on any atom is -0.489 e. The quantitative estimate of drug-likeness (QED) is 0.376. The predicted molar refractivity (Wildman–Crippen MR) is 144 cm³/mol. The summed E-state index contributed by atoms with van der Waals surface area (Å²) in [5.74, 6) is -2.13. The Labute approximate surface area is 237 Å². The number of imide groups is 1. The summed E-state index contributed by atoms with van der Waals surface area (Å²) in [5.41, 5.74) is 2.66. The Bertz CT molecular complexity index is 1280. The van der Waals surface area contributed by atoms with E-state index in [0.29, 0.717) is 31.8 Å². The molecule has 1 heterocycles. The molecular formula is C30H33ClF2N2O5. The molecule has 2 fully saturated rings. The Morgan fingerprint density at radius 1 is 1.00 bits per heavy atom. The highest BCUT2D eigenvalue weighted by Crippen LogP contribution is 2.41. The minimum absolute atomic E-state index is 0.00899. The highest BCUT2D eigenvalue weighted by molar-refractivity contribution is 6.30. The summed E-state index contributed by atoms with van der Waals surface area (Å²) in [6, 6.07) is 7.98. The molecule has 5 rings (SSSR count). The maximum atomic E-state index is 15.0. The van der Waals surface area contributed by atoms with E-state index in [9.17, 15) is 23.9 Å². The fraction of sp³-hybridized carbons (Fsp3) is 0.500. The fourth-order valence-corrected chi connectivity index (χ4v) is 6.47. The molecule has 0 aromatic heterocycles. The zero-order valence-electron chi connectivity index (χ0n) is 22.2. The van der Waals surface area contributed by atoms with Crippen LogP contribution in [-0.2, 0) is 27.3 Å². The standard InChI is InChI=1S/C30H33ClF2N2O5/c31-23-15-22-21(14-24(23)32)6-7-26(22)34(16-18-1-4-20(5-2-18)30(38)39)17-19-3-8-27(25(33)13-19)40-12-11-35-28(36)9-10-29(35)37/h3,8,13-15,18,20,26H,1-2,4-7,9-12,16-17H2,(H,38,39). The number of carboxylic acids is 1. The van der Waals surface area contributed by atoms with Crippen LogP contribution in [-0.4, -0.2) is 52.4 Å². The van der Waals surface area contributed by atoms with Crippen molar-refractivity contribution < 1.29 is 33.0 Å². The monoisotopic (exact) mass is 574 g/mol. The van der Waals surface area contributed by atoms with Crippen molar-refractivity contribution >= 4 is 29.4 Å². The molecule has 0 spiro atoms. The second-order valence-electron chi connectivity index (χ2n) is 11.1. The van der Waals surface area contributed by atoms with Gasteiger partial charge in [-0.2, -0.15) is 0 Å². The first-order chi connectivity index (χ1) is 19.2. The summed E-state index contributed by atoms with van der Waals surface area (Å²) in [6.45, 7) is 1.26. The summed E-state index contributed by atoms with van der Waals surface area (Å²) in [4.78, 5) is 38.4. The second kappa shape index (κ2) is 12.2. The van der Waals surface area contributed by atoms with Crippen molar-refractivity contribution in [2.24, 2.45) is 11.8 Å². The van der Waals surface area contributed by atoms with Crippen molar-refractivity contribution in [1.82, 2.24) is 9.80 Å². The lowest BCUT2D eigenvalue weighted by atomic mass is 9.81. The highest BCUT2D eigenvalue weighted by Gasteiger charge is 2.33. The van der Waals surface area contributed by atoms with Crippen molar-refractivity contribution in [1.29, 1.82) is 0 Å². The smallest absolute Gasteiger partial charge is 0.306 e. The number of benzene rings is 2. The van der Waals surface area contributed by atoms with Crippen LogP contribution in [0.15, 0.2) is 30.3 Å². The SMILES string of the molecule is O=C(O)C1CCC(CN(Cc2ccc(OCCN3C(=O)CCC3=O)c(F)c2)C2CCc3cc(F)c(Cl)cc32)CC1. The highest BCUT2D eigenvalue weighted by atomic mass is 35.5. The van der Waals surface area contributed by atoms with Gasteiger partial charge >= 0.3 is 5.97 Å². The largest absolute Gasteiger partial charge is 0.489 e. The van der Waals surface area contributed by atoms with Gasteiger partial charge in [0.2, 0.25) is 11.8 Å². The van der Waals surface area contributed by atoms with Gasteiger partial charge in [0.1, 0.15) is 12.4 Å². The van der Waals surface area contributed by atoms with E-state index < -0.39 is 17.6 Å². The number of halogens is 3. The number of hydrogen-bond acceptors (Lipinski definition) is 5. The molecule has 1 aliphatic heterocycles. The molecule has 0 bridgehead atoms. The number of carbonyl (C=O) groups is 3. The molecule has 1 saturated carbocycles. The first kappa shape index (κ1) is 28.5. The number of aryl methyl sites for hydroxylation is 1. The van der Waals surface area contributed by atoms with E-state index in [0.717, 1.165) is 47.3 Å². The molecule has 1 saturated heterocycles. The summed E-state index contributed by atoms with van der Waals surface area (Å²) >= 11 is 6.14. The van der Waals surface area contributed by atoms with Crippen LogP contribution >= 0.6 is 11.6 Å². The van der Waals surface area contributed by atoms with Crippen LogP contribution in [0.1, 0.15) is 67.7 Å². The van der Waals surface area contributed by atoms with Gasteiger partial charge in [0.15, 0.2) is 11.6 Å². The zero-order valence-corrected chi connectivity index (χ0v) is 23.0. The lowest BCUT2D eigenvalue weighted by molar-refractivity contribution is -0.143. The number of carboxylic acid groups (broad SMARTS) is 1. The van der Waals surface area contributed by atoms with E-state index in [1.54, 1.807) is 18.2 Å². The van der Waals surface area contributed by atoms with E-state index >= 15 is 4.39 Å². The van der Waals surface area contributed by atoms with Gasteiger partial charge in [0.25, 0.3) is 0 Å². The van der Waals surface area contributed by atoms with Crippen molar-refractivity contribution in [3.8, 4) is 5.75 Å². The molecule has 2 amide bonds. The maximum absolute atomic E-state index is 15.0. The Kier molecular flexibility index (Phi) is 8.71. The molecule has 214 valence electrons. The molecule has 7 nitrogen and oxygen atoms in total. The number of ether oxygens (including phenoxy) is 1. The first-order valence-corrected chi connectivity index (χ1v) is 14.3. The zero-order chi connectivity index (χ0) is 28.4. The van der Waals surface area contributed by atoms with Crippen LogP contribution in [0.25, 0.3) is 0 Å². The van der Waals surface area contributed by atoms with E-state index in [4.69, 9.17) is 16.3 Å². The number of hydrogen-bond donors (Lipinski definition) is 1. The Morgan fingerprint density at radius 2 is 1.73 bits per heavy atom. The number of rotatable bonds is 10. The van der Waals surface area contributed by atoms with E-state index in [1.165, 1.54) is 12.1 Å². The van der Waals surface area contributed by atoms with Gasteiger partial charge in [-0.05, 0) is 85.4 Å². The molecule has 2 aromatic rings. The van der Waals surface area contributed by atoms with Gasteiger partial charge in [-0.25, -0.2) is 8.78 Å². The number of amides is 2. The summed E-state index contributed by atoms with van der Waals surface area (Å²) in [6.07, 6.45) is 4.80. The average molecular weight is 575 g/mol. The van der Waals surface area contributed by atoms with Crippen molar-refractivity contribution in [2.75, 3.05) is 19.7 Å². The van der Waals surface area contributed by atoms with Crippen LogP contribution in [0.5, 0.6) is 5.75 Å². The van der Waals surface area contributed by atoms with Gasteiger partial charge in [-0.15, -0.1) is 0 Å². The molecule has 1 N–H and O–H groups in total. The normalized spacial score (nSPS) is 22.7. The molecule has 40 heavy (non-hydrogen) atoms. The predicted octanol–water partition coefficient (Wildman–Crippen LogP) is 5.53. The van der Waals surface area contributed by atoms with Gasteiger partial charge in [-0.1, -0.05) is 17.7 Å². The third kappa shape index (κ3) is 6.31. The van der Waals surface area contributed by atoms with Crippen molar-refractivity contribution in [3.05, 3.63) is 63.7 Å². The van der Waals surface area contributed by atoms with Crippen LogP contribution in [0, 0.1) is 23.5 Å². The van der Waals surface area contributed by atoms with E-state index in [-0.39, 0.29) is 60.5 Å². The molecule has 3 aliphatic rings. The molecule has 2 aliphatic carbocycles. The fourth-order valence-electron chi connectivity index (χ4n) is 6.30. The minimum atomic E-state index is -0.742. The lowest BCUT2D eigenvalue weighted by Gasteiger charge is -2.35. The van der Waals surface area contributed by atoms with Gasteiger partial charge in [0, 0.05) is 32.0 Å². The number of likely N-dealkylation sites (tertiary alicyclic amines) is 1. The second-order valence-corrected chi connectivity index (χ2v) is 11.5. The summed E-state index contributed by atoms with van der Waals surface area (Å²) in [5, 5.41) is 9.46. The molecule has 2 aromatic carbocycles. The van der Waals surface area contributed by atoms with Gasteiger partial charge < -0.3 is 9.84 Å². The molecular weight excluding hydrogens is 542 g/mol. The maximum Gasteiger partial charge on any atom is 0.306 e. The van der Waals surface area contributed by atoms with Gasteiger partial charge in [0.05, 0.1) is 17.5 Å². The first-order valence-electron chi connectivity index (χ1n) is 13.9. The van der Waals surface area contributed by atoms with Crippen molar-refractivity contribution in [3.63, 3.8) is 0 Å². The van der Waals surface area contributed by atoms with Crippen molar-refractivity contribution in [2.45, 2.75) is 64.0 Å². The van der Waals surface area contributed by atoms with Crippen LogP contribution < -0.4 is 4.74 Å².